The maximum atomic E-state index is 12.5. The lowest BCUT2D eigenvalue weighted by atomic mass is 10.1. The Hall–Kier alpha value is -2.91. The number of carboxylic acids is 2. The number of aliphatic hydroxyl groups is 1. The minimum Gasteiger partial charge on any atom is -0.481 e. The first kappa shape index (κ1) is 29.1. The molecule has 4 unspecified atom stereocenters. The van der Waals surface area contributed by atoms with Crippen molar-refractivity contribution >= 4 is 47.3 Å². The normalized spacial score (nSPS) is 14.3. The molecule has 0 rings (SSSR count). The number of primary amides is 1. The van der Waals surface area contributed by atoms with E-state index in [2.05, 4.69) is 16.0 Å². The SMILES string of the molecule is CSCCC(NC(=O)C(CO)NC(=O)C(CC(=O)O)NC(=O)C(N)CCC(N)=O)C(=O)O. The Morgan fingerprint density at radius 2 is 1.41 bits per heavy atom. The van der Waals surface area contributed by atoms with E-state index in [4.69, 9.17) is 16.6 Å². The first-order valence-electron chi connectivity index (χ1n) is 9.42. The molecule has 0 aromatic rings. The number of carbonyl (C=O) groups excluding carboxylic acids is 4. The Labute approximate surface area is 187 Å². The smallest absolute Gasteiger partial charge is 0.326 e. The van der Waals surface area contributed by atoms with Crippen LogP contribution in [0.1, 0.15) is 25.7 Å². The van der Waals surface area contributed by atoms with E-state index in [0.717, 1.165) is 0 Å². The van der Waals surface area contributed by atoms with Gasteiger partial charge < -0.3 is 42.7 Å². The van der Waals surface area contributed by atoms with Crippen molar-refractivity contribution in [2.24, 2.45) is 11.5 Å². The number of rotatable bonds is 16. The maximum Gasteiger partial charge on any atom is 0.326 e. The zero-order valence-corrected chi connectivity index (χ0v) is 18.2. The number of carboxylic acid groups (broad SMARTS) is 2. The summed E-state index contributed by atoms with van der Waals surface area (Å²) >= 11 is 1.36. The molecule has 0 spiro atoms. The van der Waals surface area contributed by atoms with Gasteiger partial charge in [0.15, 0.2) is 0 Å². The number of carbonyl (C=O) groups is 6. The Bertz CT molecular complexity index is 706. The molecule has 10 N–H and O–H groups in total. The average Bonchev–Trinajstić information content (AvgIpc) is 2.71. The minimum atomic E-state index is -1.66. The predicted octanol–water partition coefficient (Wildman–Crippen LogP) is -3.66. The molecule has 0 aromatic heterocycles. The van der Waals surface area contributed by atoms with Crippen molar-refractivity contribution < 1.29 is 44.1 Å². The van der Waals surface area contributed by atoms with Gasteiger partial charge in [-0.15, -0.1) is 0 Å². The van der Waals surface area contributed by atoms with Crippen molar-refractivity contribution in [3.05, 3.63) is 0 Å². The predicted molar refractivity (Wildman–Crippen MR) is 112 cm³/mol. The van der Waals surface area contributed by atoms with Crippen molar-refractivity contribution in [2.45, 2.75) is 49.9 Å². The molecule has 0 saturated heterocycles. The molecule has 0 saturated carbocycles. The fraction of sp³-hybridized carbons (Fsp3) is 0.647. The van der Waals surface area contributed by atoms with Gasteiger partial charge in [-0.25, -0.2) is 4.79 Å². The first-order valence-corrected chi connectivity index (χ1v) is 10.8. The zero-order chi connectivity index (χ0) is 24.8. The van der Waals surface area contributed by atoms with Gasteiger partial charge in [-0.1, -0.05) is 0 Å². The average molecular weight is 480 g/mol. The molecule has 14 nitrogen and oxygen atoms in total. The van der Waals surface area contributed by atoms with Gasteiger partial charge in [-0.05, 0) is 24.9 Å². The van der Waals surface area contributed by atoms with Crippen LogP contribution in [0.5, 0.6) is 0 Å². The van der Waals surface area contributed by atoms with Crippen LogP contribution in [0.3, 0.4) is 0 Å². The fourth-order valence-corrected chi connectivity index (χ4v) is 2.79. The van der Waals surface area contributed by atoms with Crippen LogP contribution in [0.2, 0.25) is 0 Å². The van der Waals surface area contributed by atoms with Crippen molar-refractivity contribution in [3.8, 4) is 0 Å². The van der Waals surface area contributed by atoms with Crippen molar-refractivity contribution in [2.75, 3.05) is 18.6 Å². The topological polar surface area (TPSA) is 251 Å². The van der Waals surface area contributed by atoms with E-state index >= 15 is 0 Å². The van der Waals surface area contributed by atoms with Crippen LogP contribution in [-0.2, 0) is 28.8 Å². The third kappa shape index (κ3) is 11.5. The molecule has 0 bridgehead atoms. The molecule has 0 aliphatic heterocycles. The number of aliphatic carboxylic acids is 2. The summed E-state index contributed by atoms with van der Waals surface area (Å²) < 4.78 is 0. The molecule has 0 heterocycles. The van der Waals surface area contributed by atoms with E-state index in [-0.39, 0.29) is 19.3 Å². The second-order valence-electron chi connectivity index (χ2n) is 6.70. The van der Waals surface area contributed by atoms with Gasteiger partial charge in [0.1, 0.15) is 18.1 Å². The first-order chi connectivity index (χ1) is 14.9. The quantitative estimate of drug-likeness (QED) is 0.107. The molecule has 4 atom stereocenters. The molecular formula is C17H29N5O9S. The number of aliphatic hydroxyl groups excluding tert-OH is 1. The summed E-state index contributed by atoms with van der Waals surface area (Å²) in [4.78, 5) is 70.0. The Balaban J connectivity index is 5.20. The van der Waals surface area contributed by atoms with E-state index < -0.39 is 72.8 Å². The van der Waals surface area contributed by atoms with Gasteiger partial charge in [0.25, 0.3) is 0 Å². The molecule has 4 amide bonds. The van der Waals surface area contributed by atoms with Gasteiger partial charge in [-0.2, -0.15) is 11.8 Å². The molecule has 15 heteroatoms. The molecule has 0 radical (unpaired) electrons. The Kier molecular flexibility index (Phi) is 13.6. The molecule has 0 aromatic carbocycles. The second-order valence-corrected chi connectivity index (χ2v) is 7.68. The number of hydrogen-bond donors (Lipinski definition) is 8. The van der Waals surface area contributed by atoms with Crippen LogP contribution in [-0.4, -0.2) is 93.7 Å². The summed E-state index contributed by atoms with van der Waals surface area (Å²) in [7, 11) is 0. The molecule has 0 aliphatic rings. The van der Waals surface area contributed by atoms with E-state index in [1.165, 1.54) is 11.8 Å². The summed E-state index contributed by atoms with van der Waals surface area (Å²) in [6.07, 6.45) is 0.615. The van der Waals surface area contributed by atoms with E-state index in [1.807, 2.05) is 0 Å². The lowest BCUT2D eigenvalue weighted by molar-refractivity contribution is -0.143. The van der Waals surface area contributed by atoms with Gasteiger partial charge >= 0.3 is 11.9 Å². The number of thioether (sulfide) groups is 1. The highest BCUT2D eigenvalue weighted by Crippen LogP contribution is 2.03. The van der Waals surface area contributed by atoms with Crippen LogP contribution < -0.4 is 27.4 Å². The highest BCUT2D eigenvalue weighted by molar-refractivity contribution is 7.98. The van der Waals surface area contributed by atoms with Gasteiger partial charge in [-0.3, -0.25) is 24.0 Å². The van der Waals surface area contributed by atoms with Gasteiger partial charge in [0, 0.05) is 6.42 Å². The monoisotopic (exact) mass is 479 g/mol. The van der Waals surface area contributed by atoms with Gasteiger partial charge in [0.05, 0.1) is 19.1 Å². The van der Waals surface area contributed by atoms with E-state index in [9.17, 15) is 39.0 Å². The van der Waals surface area contributed by atoms with Gasteiger partial charge in [0.2, 0.25) is 23.6 Å². The summed E-state index contributed by atoms with van der Waals surface area (Å²) in [6, 6.07) is -5.78. The van der Waals surface area contributed by atoms with Crippen LogP contribution in [0, 0.1) is 0 Å². The standard InChI is InChI=1S/C17H29N5O9S/c1-32-5-4-9(17(30)31)20-16(29)11(7-23)22-15(28)10(6-13(25)26)21-14(27)8(18)2-3-12(19)24/h8-11,23H,2-7,18H2,1H3,(H2,19,24)(H,20,29)(H,21,27)(H,22,28)(H,25,26)(H,30,31). The lowest BCUT2D eigenvalue weighted by Crippen LogP contribution is -2.58. The Morgan fingerprint density at radius 3 is 1.88 bits per heavy atom. The summed E-state index contributed by atoms with van der Waals surface area (Å²) in [5.41, 5.74) is 10.6. The number of amides is 4. The summed E-state index contributed by atoms with van der Waals surface area (Å²) in [5, 5.41) is 34.0. The second kappa shape index (κ2) is 15.0. The lowest BCUT2D eigenvalue weighted by Gasteiger charge is -2.23. The van der Waals surface area contributed by atoms with Crippen molar-refractivity contribution in [1.29, 1.82) is 0 Å². The zero-order valence-electron chi connectivity index (χ0n) is 17.4. The minimum absolute atomic E-state index is 0.0925. The molecular weight excluding hydrogens is 450 g/mol. The van der Waals surface area contributed by atoms with E-state index in [0.29, 0.717) is 5.75 Å². The van der Waals surface area contributed by atoms with Crippen molar-refractivity contribution in [3.63, 3.8) is 0 Å². The fourth-order valence-electron chi connectivity index (χ4n) is 2.32. The molecule has 0 aliphatic carbocycles. The van der Waals surface area contributed by atoms with E-state index in [1.54, 1.807) is 6.26 Å². The van der Waals surface area contributed by atoms with Crippen LogP contribution in [0.15, 0.2) is 0 Å². The number of nitrogens with two attached hydrogens (primary N) is 2. The molecule has 32 heavy (non-hydrogen) atoms. The highest BCUT2D eigenvalue weighted by atomic mass is 32.2. The Morgan fingerprint density at radius 1 is 0.875 bits per heavy atom. The summed E-state index contributed by atoms with van der Waals surface area (Å²) in [6.45, 7) is -0.918. The number of hydrogen-bond acceptors (Lipinski definition) is 9. The summed E-state index contributed by atoms with van der Waals surface area (Å²) in [5.74, 6) is -6.10. The van der Waals surface area contributed by atoms with Crippen LogP contribution in [0.25, 0.3) is 0 Å². The van der Waals surface area contributed by atoms with Crippen molar-refractivity contribution in [1.82, 2.24) is 16.0 Å². The third-order valence-electron chi connectivity index (χ3n) is 4.09. The molecule has 182 valence electrons. The maximum absolute atomic E-state index is 12.5. The highest BCUT2D eigenvalue weighted by Gasteiger charge is 2.31. The third-order valence-corrected chi connectivity index (χ3v) is 4.73. The largest absolute Gasteiger partial charge is 0.481 e. The van der Waals surface area contributed by atoms with Crippen LogP contribution >= 0.6 is 11.8 Å². The number of nitrogens with one attached hydrogen (secondary N) is 3. The van der Waals surface area contributed by atoms with Crippen LogP contribution in [0.4, 0.5) is 0 Å². The molecule has 0 fully saturated rings.